The van der Waals surface area contributed by atoms with Crippen molar-refractivity contribution in [2.45, 2.75) is 4.90 Å². The molecule has 0 fully saturated rings. The number of carbonyl (C=O) groups is 1. The molecule has 0 saturated heterocycles. The molecule has 0 spiro atoms. The molecule has 0 atom stereocenters. The molecule has 29 heavy (non-hydrogen) atoms. The summed E-state index contributed by atoms with van der Waals surface area (Å²) in [6, 6.07) is 19.3. The maximum absolute atomic E-state index is 12.5. The fourth-order valence-corrected chi connectivity index (χ4v) is 3.64. The van der Waals surface area contributed by atoms with Crippen LogP contribution in [0.1, 0.15) is 10.4 Å². The van der Waals surface area contributed by atoms with Crippen LogP contribution in [0.25, 0.3) is 0 Å². The van der Waals surface area contributed by atoms with Crippen molar-refractivity contribution in [1.82, 2.24) is 0 Å². The smallest absolute Gasteiger partial charge is 0.261 e. The van der Waals surface area contributed by atoms with Gasteiger partial charge in [0.1, 0.15) is 11.5 Å². The highest BCUT2D eigenvalue weighted by molar-refractivity contribution is 7.92. The van der Waals surface area contributed by atoms with Gasteiger partial charge in [-0.3, -0.25) is 9.52 Å². The summed E-state index contributed by atoms with van der Waals surface area (Å²) in [4.78, 5) is 12.6. The molecule has 0 unspecified atom stereocenters. The highest BCUT2D eigenvalue weighted by atomic mass is 32.2. The van der Waals surface area contributed by atoms with Crippen LogP contribution in [0, 0.1) is 0 Å². The number of hydrogen-bond acceptors (Lipinski definition) is 5. The van der Waals surface area contributed by atoms with Gasteiger partial charge in [0.25, 0.3) is 15.9 Å². The number of anilines is 2. The number of benzene rings is 3. The maximum atomic E-state index is 12.5. The Bertz CT molecular complexity index is 1080. The van der Waals surface area contributed by atoms with Crippen LogP contribution in [0.3, 0.4) is 0 Å². The van der Waals surface area contributed by atoms with Gasteiger partial charge >= 0.3 is 0 Å². The van der Waals surface area contributed by atoms with Crippen LogP contribution in [0.4, 0.5) is 11.4 Å². The molecule has 0 aliphatic heterocycles. The van der Waals surface area contributed by atoms with Crippen molar-refractivity contribution in [3.8, 4) is 11.5 Å². The van der Waals surface area contributed by atoms with Crippen LogP contribution in [-0.2, 0) is 10.0 Å². The lowest BCUT2D eigenvalue weighted by molar-refractivity contribution is 0.102. The van der Waals surface area contributed by atoms with Gasteiger partial charge in [0.2, 0.25) is 0 Å². The molecular weight excluding hydrogens is 392 g/mol. The Labute approximate surface area is 169 Å². The molecule has 0 aromatic heterocycles. The Morgan fingerprint density at radius 1 is 0.793 bits per heavy atom. The van der Waals surface area contributed by atoms with Crippen LogP contribution in [0.2, 0.25) is 0 Å². The summed E-state index contributed by atoms with van der Waals surface area (Å²) in [5, 5.41) is 2.72. The summed E-state index contributed by atoms with van der Waals surface area (Å²) in [7, 11) is -0.726. The quantitative estimate of drug-likeness (QED) is 0.616. The Balaban J connectivity index is 1.74. The molecule has 0 aliphatic carbocycles. The first-order chi connectivity index (χ1) is 13.9. The minimum Gasteiger partial charge on any atom is -0.497 e. The third kappa shape index (κ3) is 5.05. The van der Waals surface area contributed by atoms with E-state index < -0.39 is 10.0 Å². The van der Waals surface area contributed by atoms with Gasteiger partial charge in [-0.1, -0.05) is 18.2 Å². The topological polar surface area (TPSA) is 93.7 Å². The molecule has 150 valence electrons. The van der Waals surface area contributed by atoms with E-state index in [1.54, 1.807) is 48.5 Å². The number of nitrogens with one attached hydrogen (secondary N) is 2. The van der Waals surface area contributed by atoms with Crippen molar-refractivity contribution in [2.24, 2.45) is 0 Å². The fourth-order valence-electron chi connectivity index (χ4n) is 2.58. The van der Waals surface area contributed by atoms with Crippen molar-refractivity contribution in [2.75, 3.05) is 24.3 Å². The van der Waals surface area contributed by atoms with E-state index in [0.717, 1.165) is 0 Å². The lowest BCUT2D eigenvalue weighted by Crippen LogP contribution is -2.14. The molecule has 0 heterocycles. The molecule has 7 nitrogen and oxygen atoms in total. The van der Waals surface area contributed by atoms with E-state index in [4.69, 9.17) is 9.47 Å². The van der Waals surface area contributed by atoms with Crippen LogP contribution in [0.5, 0.6) is 11.5 Å². The van der Waals surface area contributed by atoms with E-state index in [1.807, 2.05) is 0 Å². The molecule has 0 radical (unpaired) electrons. The zero-order chi connectivity index (χ0) is 20.9. The second-order valence-corrected chi connectivity index (χ2v) is 7.73. The molecule has 0 saturated carbocycles. The average molecular weight is 412 g/mol. The maximum Gasteiger partial charge on any atom is 0.261 e. The molecule has 2 N–H and O–H groups in total. The van der Waals surface area contributed by atoms with Crippen LogP contribution < -0.4 is 19.5 Å². The van der Waals surface area contributed by atoms with Crippen molar-refractivity contribution in [1.29, 1.82) is 0 Å². The van der Waals surface area contributed by atoms with Gasteiger partial charge in [-0.05, 0) is 48.5 Å². The summed E-state index contributed by atoms with van der Waals surface area (Å²) < 4.78 is 37.8. The highest BCUT2D eigenvalue weighted by Gasteiger charge is 2.15. The molecule has 0 aliphatic rings. The SMILES string of the molecule is COc1cc(OC)cc(C(=O)Nc2ccc(S(=O)(=O)Nc3ccccc3)cc2)c1. The van der Waals surface area contributed by atoms with Gasteiger partial charge in [0.15, 0.2) is 0 Å². The molecular formula is C21H20N2O5S. The highest BCUT2D eigenvalue weighted by Crippen LogP contribution is 2.24. The first-order valence-corrected chi connectivity index (χ1v) is 10.1. The minimum atomic E-state index is -3.72. The largest absolute Gasteiger partial charge is 0.497 e. The number of para-hydroxylation sites is 1. The van der Waals surface area contributed by atoms with E-state index in [0.29, 0.717) is 28.4 Å². The predicted molar refractivity (Wildman–Crippen MR) is 111 cm³/mol. The van der Waals surface area contributed by atoms with Crippen molar-refractivity contribution in [3.05, 3.63) is 78.4 Å². The molecule has 3 rings (SSSR count). The summed E-state index contributed by atoms with van der Waals surface area (Å²) in [5.41, 5.74) is 1.27. The minimum absolute atomic E-state index is 0.0856. The monoisotopic (exact) mass is 412 g/mol. The number of sulfonamides is 1. The van der Waals surface area contributed by atoms with Crippen molar-refractivity contribution >= 4 is 27.3 Å². The van der Waals surface area contributed by atoms with Gasteiger partial charge < -0.3 is 14.8 Å². The molecule has 8 heteroatoms. The molecule has 3 aromatic carbocycles. The Morgan fingerprint density at radius 2 is 1.38 bits per heavy atom. The van der Waals surface area contributed by atoms with Gasteiger partial charge in [-0.2, -0.15) is 0 Å². The van der Waals surface area contributed by atoms with Gasteiger partial charge in [-0.15, -0.1) is 0 Å². The van der Waals surface area contributed by atoms with E-state index in [9.17, 15) is 13.2 Å². The van der Waals surface area contributed by atoms with E-state index in [1.165, 1.54) is 38.5 Å². The fraction of sp³-hybridized carbons (Fsp3) is 0.0952. The lowest BCUT2D eigenvalue weighted by atomic mass is 10.2. The van der Waals surface area contributed by atoms with Gasteiger partial charge in [-0.25, -0.2) is 8.42 Å². The van der Waals surface area contributed by atoms with E-state index in [2.05, 4.69) is 10.0 Å². The van der Waals surface area contributed by atoms with Crippen LogP contribution in [-0.4, -0.2) is 28.5 Å². The molecule has 1 amide bonds. The average Bonchev–Trinajstić information content (AvgIpc) is 2.74. The number of carbonyl (C=O) groups excluding carboxylic acids is 1. The second-order valence-electron chi connectivity index (χ2n) is 6.05. The summed E-state index contributed by atoms with van der Waals surface area (Å²) >= 11 is 0. The van der Waals surface area contributed by atoms with Crippen LogP contribution >= 0.6 is 0 Å². The molecule has 3 aromatic rings. The predicted octanol–water partition coefficient (Wildman–Crippen LogP) is 3.76. The van der Waals surface area contributed by atoms with E-state index in [-0.39, 0.29) is 10.8 Å². The first kappa shape index (κ1) is 20.2. The van der Waals surface area contributed by atoms with Gasteiger partial charge in [0.05, 0.1) is 19.1 Å². The number of amides is 1. The van der Waals surface area contributed by atoms with Crippen LogP contribution in [0.15, 0.2) is 77.7 Å². The third-order valence-electron chi connectivity index (χ3n) is 4.06. The Kier molecular flexibility index (Phi) is 6.04. The Hall–Kier alpha value is -3.52. The first-order valence-electron chi connectivity index (χ1n) is 8.63. The Morgan fingerprint density at radius 3 is 1.93 bits per heavy atom. The summed E-state index contributed by atoms with van der Waals surface area (Å²) in [5.74, 6) is 0.603. The number of ether oxygens (including phenoxy) is 2. The van der Waals surface area contributed by atoms with Gasteiger partial charge in [0, 0.05) is 23.0 Å². The summed E-state index contributed by atoms with van der Waals surface area (Å²) in [6.45, 7) is 0. The third-order valence-corrected chi connectivity index (χ3v) is 5.46. The van der Waals surface area contributed by atoms with Crippen molar-refractivity contribution < 1.29 is 22.7 Å². The van der Waals surface area contributed by atoms with Crippen molar-refractivity contribution in [3.63, 3.8) is 0 Å². The second kappa shape index (κ2) is 8.66. The van der Waals surface area contributed by atoms with E-state index >= 15 is 0 Å². The number of hydrogen-bond donors (Lipinski definition) is 2. The lowest BCUT2D eigenvalue weighted by Gasteiger charge is -2.11. The zero-order valence-corrected chi connectivity index (χ0v) is 16.7. The summed E-state index contributed by atoms with van der Waals surface area (Å²) in [6.07, 6.45) is 0. The zero-order valence-electron chi connectivity index (χ0n) is 15.9. The normalized spacial score (nSPS) is 10.8. The number of methoxy groups -OCH3 is 2. The standard InChI is InChI=1S/C21H20N2O5S/c1-27-18-12-15(13-19(14-18)28-2)21(24)22-16-8-10-20(11-9-16)29(25,26)23-17-6-4-3-5-7-17/h3-14,23H,1-2H3,(H,22,24). The number of rotatable bonds is 7. The molecule has 0 bridgehead atoms.